The monoisotopic (exact) mass is 199 g/mol. The summed E-state index contributed by atoms with van der Waals surface area (Å²) in [6.07, 6.45) is 0.645. The zero-order valence-corrected chi connectivity index (χ0v) is 7.82. The van der Waals surface area contributed by atoms with E-state index < -0.39 is 5.91 Å². The summed E-state index contributed by atoms with van der Waals surface area (Å²) in [5, 5.41) is 17.3. The van der Waals surface area contributed by atoms with Gasteiger partial charge in [0.15, 0.2) is 0 Å². The molecule has 1 atom stereocenters. The molecule has 0 spiro atoms. The van der Waals surface area contributed by atoms with Gasteiger partial charge in [-0.2, -0.15) is 4.98 Å². The van der Waals surface area contributed by atoms with E-state index in [1.807, 2.05) is 6.92 Å². The number of aliphatic hydroxyl groups excluding tert-OH is 1. The molecule has 78 valence electrons. The molecule has 1 aromatic rings. The number of nitrogens with one attached hydrogen (secondary N) is 2. The van der Waals surface area contributed by atoms with Crippen molar-refractivity contribution in [1.29, 1.82) is 0 Å². The number of nitrogens with two attached hydrogens (primary N) is 1. The lowest BCUT2D eigenvalue weighted by Gasteiger charge is -2.11. The van der Waals surface area contributed by atoms with Gasteiger partial charge in [0.25, 0.3) is 5.91 Å². The summed E-state index contributed by atoms with van der Waals surface area (Å²) in [5.74, 6) is -0.350. The van der Waals surface area contributed by atoms with Crippen LogP contribution in [0.15, 0.2) is 0 Å². The Morgan fingerprint density at radius 2 is 2.50 bits per heavy atom. The number of aromatic nitrogens is 3. The molecule has 0 aliphatic carbocycles. The Labute approximate surface area is 80.7 Å². The maximum absolute atomic E-state index is 11.4. The first-order valence-corrected chi connectivity index (χ1v) is 4.27. The van der Waals surface area contributed by atoms with Gasteiger partial charge < -0.3 is 16.2 Å². The van der Waals surface area contributed by atoms with E-state index in [-0.39, 0.29) is 24.4 Å². The van der Waals surface area contributed by atoms with Crippen LogP contribution in [0.1, 0.15) is 24.0 Å². The Morgan fingerprint density at radius 3 is 2.93 bits per heavy atom. The number of aliphatic hydroxyl groups is 1. The highest BCUT2D eigenvalue weighted by Crippen LogP contribution is 1.95. The summed E-state index contributed by atoms with van der Waals surface area (Å²) in [7, 11) is 0. The first-order valence-electron chi connectivity index (χ1n) is 4.27. The van der Waals surface area contributed by atoms with Gasteiger partial charge in [0.05, 0.1) is 12.6 Å². The molecule has 0 aromatic carbocycles. The molecule has 0 aliphatic rings. The van der Waals surface area contributed by atoms with Crippen LogP contribution < -0.4 is 11.1 Å². The largest absolute Gasteiger partial charge is 0.394 e. The van der Waals surface area contributed by atoms with Crippen LogP contribution in [0.3, 0.4) is 0 Å². The van der Waals surface area contributed by atoms with Crippen LogP contribution in [0.4, 0.5) is 5.95 Å². The predicted octanol–water partition coefficient (Wildman–Crippen LogP) is -1.11. The number of nitrogens with zero attached hydrogens (tertiary/aromatic N) is 2. The molecule has 14 heavy (non-hydrogen) atoms. The third kappa shape index (κ3) is 2.43. The lowest BCUT2D eigenvalue weighted by molar-refractivity contribution is 0.0905. The van der Waals surface area contributed by atoms with E-state index in [9.17, 15) is 4.79 Å². The number of anilines is 1. The standard InChI is InChI=1S/C7H13N5O2/c1-2-4(3-13)9-6(14)5-10-7(8)12-11-5/h4,13H,2-3H2,1H3,(H,9,14)(H3,8,10,11,12)/t4-/m1/s1. The lowest BCUT2D eigenvalue weighted by atomic mass is 10.2. The van der Waals surface area contributed by atoms with Gasteiger partial charge in [-0.15, -0.1) is 5.10 Å². The quantitative estimate of drug-likeness (QED) is 0.490. The van der Waals surface area contributed by atoms with Gasteiger partial charge in [0.1, 0.15) is 0 Å². The number of H-pyrrole nitrogens is 1. The molecular weight excluding hydrogens is 186 g/mol. The molecule has 7 nitrogen and oxygen atoms in total. The first kappa shape index (κ1) is 10.5. The molecule has 0 bridgehead atoms. The van der Waals surface area contributed by atoms with Crippen molar-refractivity contribution >= 4 is 11.9 Å². The van der Waals surface area contributed by atoms with Crippen molar-refractivity contribution in [3.05, 3.63) is 5.82 Å². The Hall–Kier alpha value is -1.63. The maximum atomic E-state index is 11.4. The molecule has 0 saturated heterocycles. The molecule has 1 aromatic heterocycles. The molecular formula is C7H13N5O2. The number of nitrogen functional groups attached to an aromatic ring is 1. The van der Waals surface area contributed by atoms with Gasteiger partial charge >= 0.3 is 0 Å². The number of aromatic amines is 1. The molecule has 0 fully saturated rings. The normalized spacial score (nSPS) is 12.4. The fourth-order valence-electron chi connectivity index (χ4n) is 0.907. The van der Waals surface area contributed by atoms with Gasteiger partial charge in [-0.25, -0.2) is 0 Å². The average molecular weight is 199 g/mol. The van der Waals surface area contributed by atoms with Crippen LogP contribution in [-0.4, -0.2) is 38.8 Å². The summed E-state index contributed by atoms with van der Waals surface area (Å²) in [6.45, 7) is 1.75. The lowest BCUT2D eigenvalue weighted by Crippen LogP contribution is -2.37. The Kier molecular flexibility index (Phi) is 3.41. The highest BCUT2D eigenvalue weighted by Gasteiger charge is 2.14. The minimum atomic E-state index is -0.421. The van der Waals surface area contributed by atoms with E-state index in [1.165, 1.54) is 0 Å². The van der Waals surface area contributed by atoms with E-state index >= 15 is 0 Å². The van der Waals surface area contributed by atoms with E-state index in [0.717, 1.165) is 0 Å². The highest BCUT2D eigenvalue weighted by atomic mass is 16.3. The molecule has 0 aliphatic heterocycles. The van der Waals surface area contributed by atoms with Crippen LogP contribution in [-0.2, 0) is 0 Å². The van der Waals surface area contributed by atoms with Crippen molar-refractivity contribution < 1.29 is 9.90 Å². The molecule has 0 unspecified atom stereocenters. The number of hydrogen-bond donors (Lipinski definition) is 4. The molecule has 0 saturated carbocycles. The predicted molar refractivity (Wildman–Crippen MR) is 49.4 cm³/mol. The van der Waals surface area contributed by atoms with Crippen LogP contribution in [0.2, 0.25) is 0 Å². The average Bonchev–Trinajstić information content (AvgIpc) is 2.61. The summed E-state index contributed by atoms with van der Waals surface area (Å²) in [5.41, 5.74) is 5.23. The molecule has 1 rings (SSSR count). The maximum Gasteiger partial charge on any atom is 0.288 e. The highest BCUT2D eigenvalue weighted by molar-refractivity contribution is 5.90. The second-order valence-electron chi connectivity index (χ2n) is 2.80. The van der Waals surface area contributed by atoms with Crippen LogP contribution in [0, 0.1) is 0 Å². The molecule has 0 radical (unpaired) electrons. The van der Waals surface area contributed by atoms with E-state index in [0.29, 0.717) is 6.42 Å². The van der Waals surface area contributed by atoms with E-state index in [2.05, 4.69) is 20.5 Å². The van der Waals surface area contributed by atoms with Gasteiger partial charge in [-0.3, -0.25) is 9.89 Å². The molecule has 5 N–H and O–H groups in total. The molecule has 1 amide bonds. The summed E-state index contributed by atoms with van der Waals surface area (Å²) < 4.78 is 0. The van der Waals surface area contributed by atoms with Crippen molar-refractivity contribution in [2.24, 2.45) is 0 Å². The molecule has 1 heterocycles. The minimum absolute atomic E-state index is 0.0206. The van der Waals surface area contributed by atoms with Crippen molar-refractivity contribution in [3.63, 3.8) is 0 Å². The third-order valence-electron chi connectivity index (χ3n) is 1.77. The second-order valence-corrected chi connectivity index (χ2v) is 2.80. The topological polar surface area (TPSA) is 117 Å². The zero-order chi connectivity index (χ0) is 10.6. The zero-order valence-electron chi connectivity index (χ0n) is 7.82. The van der Waals surface area contributed by atoms with Crippen LogP contribution in [0.25, 0.3) is 0 Å². The SMILES string of the molecule is CC[C@H](CO)NC(=O)c1nc(N)n[nH]1. The number of carbonyl (C=O) groups is 1. The third-order valence-corrected chi connectivity index (χ3v) is 1.77. The van der Waals surface area contributed by atoms with Gasteiger partial charge in [0.2, 0.25) is 11.8 Å². The van der Waals surface area contributed by atoms with Gasteiger partial charge in [0, 0.05) is 0 Å². The van der Waals surface area contributed by atoms with Gasteiger partial charge in [-0.1, -0.05) is 6.92 Å². The number of rotatable bonds is 4. The number of hydrogen-bond acceptors (Lipinski definition) is 5. The fourth-order valence-corrected chi connectivity index (χ4v) is 0.907. The molecule has 7 heteroatoms. The Balaban J connectivity index is 2.58. The minimum Gasteiger partial charge on any atom is -0.394 e. The first-order chi connectivity index (χ1) is 6.67. The summed E-state index contributed by atoms with van der Waals surface area (Å²) in [6, 6.07) is -0.270. The van der Waals surface area contributed by atoms with E-state index in [4.69, 9.17) is 10.8 Å². The van der Waals surface area contributed by atoms with Crippen molar-refractivity contribution in [3.8, 4) is 0 Å². The van der Waals surface area contributed by atoms with Crippen molar-refractivity contribution in [2.75, 3.05) is 12.3 Å². The fraction of sp³-hybridized carbons (Fsp3) is 0.571. The van der Waals surface area contributed by atoms with Gasteiger partial charge in [-0.05, 0) is 6.42 Å². The van der Waals surface area contributed by atoms with Crippen LogP contribution in [0.5, 0.6) is 0 Å². The number of amides is 1. The summed E-state index contributed by atoms with van der Waals surface area (Å²) in [4.78, 5) is 15.0. The smallest absolute Gasteiger partial charge is 0.288 e. The number of carbonyl (C=O) groups excluding carboxylic acids is 1. The second kappa shape index (κ2) is 4.56. The van der Waals surface area contributed by atoms with Crippen molar-refractivity contribution in [2.45, 2.75) is 19.4 Å². The Morgan fingerprint density at radius 1 is 1.79 bits per heavy atom. The summed E-state index contributed by atoms with van der Waals surface area (Å²) >= 11 is 0. The van der Waals surface area contributed by atoms with E-state index in [1.54, 1.807) is 0 Å². The Bertz CT molecular complexity index is 307. The van der Waals surface area contributed by atoms with Crippen LogP contribution >= 0.6 is 0 Å². The van der Waals surface area contributed by atoms with Crippen molar-refractivity contribution in [1.82, 2.24) is 20.5 Å².